The molecule has 1 aromatic carbocycles. The summed E-state index contributed by atoms with van der Waals surface area (Å²) < 4.78 is 39.8. The molecule has 1 aliphatic rings. The quantitative estimate of drug-likeness (QED) is 0.646. The summed E-state index contributed by atoms with van der Waals surface area (Å²) >= 11 is 0. The van der Waals surface area contributed by atoms with Crippen molar-refractivity contribution in [1.29, 1.82) is 5.41 Å². The Kier molecular flexibility index (Phi) is 5.21. The summed E-state index contributed by atoms with van der Waals surface area (Å²) in [5, 5.41) is 23.9. The number of nitrogens with one attached hydrogen (secondary N) is 1. The van der Waals surface area contributed by atoms with E-state index >= 15 is 0 Å². The molecular weight excluding hydrogens is 425 g/mol. The molecule has 32 heavy (non-hydrogen) atoms. The number of rotatable bonds is 3. The molecule has 4 rings (SSSR count). The Hall–Kier alpha value is -3.73. The van der Waals surface area contributed by atoms with Gasteiger partial charge in [0.15, 0.2) is 5.65 Å². The van der Waals surface area contributed by atoms with Crippen LogP contribution in [0.2, 0.25) is 0 Å². The molecule has 0 radical (unpaired) electrons. The average Bonchev–Trinajstić information content (AvgIpc) is 3.07. The van der Waals surface area contributed by atoms with Gasteiger partial charge in [-0.2, -0.15) is 13.2 Å². The molecule has 0 saturated heterocycles. The van der Waals surface area contributed by atoms with E-state index < -0.39 is 30.4 Å². The van der Waals surface area contributed by atoms with E-state index in [1.807, 2.05) is 6.07 Å². The van der Waals surface area contributed by atoms with Crippen LogP contribution in [0.1, 0.15) is 20.3 Å². The van der Waals surface area contributed by atoms with E-state index in [-0.39, 0.29) is 5.65 Å². The van der Waals surface area contributed by atoms with Crippen molar-refractivity contribution in [3.63, 3.8) is 0 Å². The first kappa shape index (κ1) is 21.5. The Morgan fingerprint density at radius 3 is 2.31 bits per heavy atom. The fourth-order valence-electron chi connectivity index (χ4n) is 3.56. The molecule has 11 heteroatoms. The summed E-state index contributed by atoms with van der Waals surface area (Å²) in [5.41, 5.74) is 1.24. The lowest BCUT2D eigenvalue weighted by Crippen LogP contribution is -2.34. The number of hydrogen-bond donors (Lipinski definition) is 2. The predicted molar refractivity (Wildman–Crippen MR) is 109 cm³/mol. The SMILES string of the molecule is CC1=CC(=c2c(-c3ccccc3)nc(=N)n3c(=O)n(CCC(F)(F)F)nc23)C=C(C)N1O. The first-order valence-electron chi connectivity index (χ1n) is 9.67. The third-order valence-corrected chi connectivity index (χ3v) is 5.07. The lowest BCUT2D eigenvalue weighted by Gasteiger charge is -2.22. The molecule has 0 amide bonds. The van der Waals surface area contributed by atoms with Gasteiger partial charge in [-0.05, 0) is 31.6 Å². The van der Waals surface area contributed by atoms with E-state index in [9.17, 15) is 23.2 Å². The van der Waals surface area contributed by atoms with Gasteiger partial charge in [0.2, 0.25) is 5.62 Å². The second-order valence-corrected chi connectivity index (χ2v) is 7.39. The number of aryl methyl sites for hydroxylation is 1. The van der Waals surface area contributed by atoms with E-state index in [4.69, 9.17) is 5.41 Å². The highest BCUT2D eigenvalue weighted by Gasteiger charge is 2.28. The molecule has 8 nitrogen and oxygen atoms in total. The zero-order valence-corrected chi connectivity index (χ0v) is 17.2. The van der Waals surface area contributed by atoms with Crippen molar-refractivity contribution in [3.8, 4) is 11.3 Å². The van der Waals surface area contributed by atoms with Crippen molar-refractivity contribution < 1.29 is 18.4 Å². The minimum Gasteiger partial charge on any atom is -0.284 e. The van der Waals surface area contributed by atoms with Crippen molar-refractivity contribution in [3.05, 3.63) is 75.2 Å². The summed E-state index contributed by atoms with van der Waals surface area (Å²) in [5.74, 6) is 0. The van der Waals surface area contributed by atoms with Gasteiger partial charge in [0.25, 0.3) is 0 Å². The molecule has 0 atom stereocenters. The summed E-state index contributed by atoms with van der Waals surface area (Å²) in [6.07, 6.45) is -2.39. The zero-order chi connectivity index (χ0) is 23.2. The van der Waals surface area contributed by atoms with Crippen LogP contribution in [0.5, 0.6) is 0 Å². The Bertz CT molecular complexity index is 1410. The Balaban J connectivity index is 2.12. The number of nitrogens with zero attached hydrogens (tertiary/aromatic N) is 5. The molecule has 2 aromatic heterocycles. The molecule has 0 unspecified atom stereocenters. The molecule has 3 aromatic rings. The molecule has 0 fully saturated rings. The van der Waals surface area contributed by atoms with Crippen LogP contribution in [0.25, 0.3) is 22.5 Å². The van der Waals surface area contributed by atoms with Crippen molar-refractivity contribution in [2.75, 3.05) is 0 Å². The number of alkyl halides is 3. The molecule has 1 aliphatic heterocycles. The van der Waals surface area contributed by atoms with Gasteiger partial charge in [-0.3, -0.25) is 10.6 Å². The fraction of sp³-hybridized carbons (Fsp3) is 0.238. The maximum atomic E-state index is 12.8. The van der Waals surface area contributed by atoms with Crippen molar-refractivity contribution in [2.45, 2.75) is 33.0 Å². The molecule has 166 valence electrons. The van der Waals surface area contributed by atoms with E-state index in [0.717, 1.165) is 9.46 Å². The van der Waals surface area contributed by atoms with Crippen LogP contribution in [0.4, 0.5) is 13.2 Å². The van der Waals surface area contributed by atoms with E-state index in [0.29, 0.717) is 38.1 Å². The topological polar surface area (TPSA) is 99.5 Å². The maximum Gasteiger partial charge on any atom is 0.390 e. The monoisotopic (exact) mass is 444 g/mol. The summed E-state index contributed by atoms with van der Waals surface area (Å²) in [4.78, 5) is 17.1. The van der Waals surface area contributed by atoms with Crippen LogP contribution in [0.3, 0.4) is 0 Å². The van der Waals surface area contributed by atoms with Crippen LogP contribution in [0, 0.1) is 5.41 Å². The lowest BCUT2D eigenvalue weighted by molar-refractivity contribution is -0.137. The van der Waals surface area contributed by atoms with E-state index in [2.05, 4.69) is 10.1 Å². The minimum absolute atomic E-state index is 0.0190. The van der Waals surface area contributed by atoms with Crippen LogP contribution < -0.4 is 16.5 Å². The Labute approximate surface area is 179 Å². The number of aromatic nitrogens is 4. The normalized spacial score (nSPS) is 14.7. The van der Waals surface area contributed by atoms with Gasteiger partial charge in [0, 0.05) is 17.0 Å². The summed E-state index contributed by atoms with van der Waals surface area (Å²) in [7, 11) is 0. The number of allylic oxidation sites excluding steroid dienone is 4. The third-order valence-electron chi connectivity index (χ3n) is 5.07. The predicted octanol–water partition coefficient (Wildman–Crippen LogP) is 2.37. The van der Waals surface area contributed by atoms with Crippen LogP contribution in [-0.4, -0.2) is 35.6 Å². The highest BCUT2D eigenvalue weighted by atomic mass is 19.4. The maximum absolute atomic E-state index is 12.8. The minimum atomic E-state index is -4.46. The van der Waals surface area contributed by atoms with E-state index in [1.54, 1.807) is 50.3 Å². The largest absolute Gasteiger partial charge is 0.390 e. The van der Waals surface area contributed by atoms with Gasteiger partial charge >= 0.3 is 11.9 Å². The van der Waals surface area contributed by atoms with Crippen molar-refractivity contribution in [1.82, 2.24) is 24.2 Å². The van der Waals surface area contributed by atoms with Crippen molar-refractivity contribution in [2.24, 2.45) is 0 Å². The molecular formula is C21H19F3N6O2. The number of fused-ring (bicyclic) bond motifs is 1. The lowest BCUT2D eigenvalue weighted by atomic mass is 10.0. The summed E-state index contributed by atoms with van der Waals surface area (Å²) in [6.45, 7) is 2.68. The van der Waals surface area contributed by atoms with Gasteiger partial charge in [-0.25, -0.2) is 23.9 Å². The third kappa shape index (κ3) is 3.82. The van der Waals surface area contributed by atoms with Crippen LogP contribution >= 0.6 is 0 Å². The Morgan fingerprint density at radius 2 is 1.72 bits per heavy atom. The fourth-order valence-corrected chi connectivity index (χ4v) is 3.56. The van der Waals surface area contributed by atoms with Gasteiger partial charge < -0.3 is 0 Å². The van der Waals surface area contributed by atoms with E-state index in [1.165, 1.54) is 0 Å². The highest BCUT2D eigenvalue weighted by Crippen LogP contribution is 2.23. The molecule has 2 N–H and O–H groups in total. The van der Waals surface area contributed by atoms with Gasteiger partial charge in [-0.15, -0.1) is 5.10 Å². The number of hydroxylamine groups is 2. The average molecular weight is 444 g/mol. The number of hydrogen-bond acceptors (Lipinski definition) is 6. The van der Waals surface area contributed by atoms with Crippen molar-refractivity contribution >= 4 is 11.2 Å². The molecule has 0 spiro atoms. The molecule has 0 aliphatic carbocycles. The van der Waals surface area contributed by atoms with Gasteiger partial charge in [-0.1, -0.05) is 30.3 Å². The first-order chi connectivity index (χ1) is 15.1. The number of benzene rings is 1. The highest BCUT2D eigenvalue weighted by molar-refractivity contribution is 5.79. The zero-order valence-electron chi connectivity index (χ0n) is 17.2. The molecule has 0 bridgehead atoms. The molecule has 3 heterocycles. The molecule has 0 saturated carbocycles. The Morgan fingerprint density at radius 1 is 1.09 bits per heavy atom. The van der Waals surface area contributed by atoms with Crippen LogP contribution in [-0.2, 0) is 6.54 Å². The number of halogens is 3. The second kappa shape index (κ2) is 7.75. The van der Waals surface area contributed by atoms with Crippen LogP contribution in [0.15, 0.2) is 58.7 Å². The standard InChI is InChI=1S/C21H19F3N6O2/c1-12-10-15(11-13(2)30(12)32)16-17(14-6-4-3-5-7-14)26-19(25)29-18(16)27-28(20(29)31)9-8-21(22,23)24/h3-7,10-11,25,32H,8-9H2,1-2H3. The summed E-state index contributed by atoms with van der Waals surface area (Å²) in [6, 6.07) is 8.92. The first-order valence-corrected chi connectivity index (χ1v) is 9.67. The smallest absolute Gasteiger partial charge is 0.284 e. The van der Waals surface area contributed by atoms with Gasteiger partial charge in [0.05, 0.1) is 23.9 Å². The van der Waals surface area contributed by atoms with Gasteiger partial charge in [0.1, 0.15) is 0 Å². The second-order valence-electron chi connectivity index (χ2n) is 7.39.